The monoisotopic (exact) mass is 323 g/mol. The first-order valence-electron chi connectivity index (χ1n) is 8.21. The van der Waals surface area contributed by atoms with Crippen molar-refractivity contribution in [1.29, 1.82) is 0 Å². The van der Waals surface area contributed by atoms with Crippen LogP contribution in [0.2, 0.25) is 0 Å². The van der Waals surface area contributed by atoms with Gasteiger partial charge in [-0.05, 0) is 49.6 Å². The highest BCUT2D eigenvalue weighted by atomic mass is 19.1. The van der Waals surface area contributed by atoms with Crippen LogP contribution in [-0.4, -0.2) is 16.1 Å². The van der Waals surface area contributed by atoms with E-state index < -0.39 is 0 Å². The van der Waals surface area contributed by atoms with Gasteiger partial charge in [-0.3, -0.25) is 0 Å². The van der Waals surface area contributed by atoms with Crippen molar-refractivity contribution in [2.75, 3.05) is 11.9 Å². The minimum absolute atomic E-state index is 0.212. The van der Waals surface area contributed by atoms with Gasteiger partial charge in [-0.15, -0.1) is 0 Å². The Morgan fingerprint density at radius 1 is 1.08 bits per heavy atom. The second-order valence-corrected chi connectivity index (χ2v) is 6.09. The second-order valence-electron chi connectivity index (χ2n) is 6.09. The summed E-state index contributed by atoms with van der Waals surface area (Å²) >= 11 is 0. The van der Waals surface area contributed by atoms with Crippen LogP contribution in [0.3, 0.4) is 0 Å². The minimum atomic E-state index is -0.212. The van der Waals surface area contributed by atoms with Gasteiger partial charge in [0.2, 0.25) is 0 Å². The van der Waals surface area contributed by atoms with Crippen LogP contribution in [0.15, 0.2) is 55.0 Å². The summed E-state index contributed by atoms with van der Waals surface area (Å²) < 4.78 is 15.3. The summed E-state index contributed by atoms with van der Waals surface area (Å²) in [7, 11) is 0. The molecule has 0 aliphatic rings. The Labute approximate surface area is 142 Å². The van der Waals surface area contributed by atoms with Gasteiger partial charge < -0.3 is 9.88 Å². The van der Waals surface area contributed by atoms with Gasteiger partial charge in [0.15, 0.2) is 0 Å². The molecule has 1 N–H and O–H groups in total. The molecule has 0 atom stereocenters. The normalized spacial score (nSPS) is 10.8. The molecular formula is C20H22FN3. The molecule has 0 radical (unpaired) electrons. The van der Waals surface area contributed by atoms with Gasteiger partial charge in [0, 0.05) is 30.5 Å². The van der Waals surface area contributed by atoms with Crippen LogP contribution in [0, 0.1) is 19.7 Å². The van der Waals surface area contributed by atoms with E-state index in [-0.39, 0.29) is 5.82 Å². The van der Waals surface area contributed by atoms with Gasteiger partial charge in [-0.2, -0.15) is 0 Å². The zero-order chi connectivity index (χ0) is 16.9. The van der Waals surface area contributed by atoms with E-state index >= 15 is 0 Å². The fraction of sp³-hybridized carbons (Fsp3) is 0.250. The summed E-state index contributed by atoms with van der Waals surface area (Å²) in [5, 5.41) is 3.52. The molecule has 3 rings (SSSR count). The SMILES string of the molecule is Cc1ccc(-c2ccc(F)cc2)c(NCCCn2cnc(C)c2)c1. The van der Waals surface area contributed by atoms with E-state index in [1.807, 2.05) is 25.4 Å². The third-order valence-electron chi connectivity index (χ3n) is 4.00. The maximum Gasteiger partial charge on any atom is 0.123 e. The molecule has 124 valence electrons. The summed E-state index contributed by atoms with van der Waals surface area (Å²) in [5.41, 5.74) is 5.44. The average Bonchev–Trinajstić information content (AvgIpc) is 2.98. The Morgan fingerprint density at radius 2 is 1.88 bits per heavy atom. The average molecular weight is 323 g/mol. The minimum Gasteiger partial charge on any atom is -0.384 e. The topological polar surface area (TPSA) is 29.9 Å². The molecule has 0 spiro atoms. The number of rotatable bonds is 6. The molecule has 0 unspecified atom stereocenters. The lowest BCUT2D eigenvalue weighted by Crippen LogP contribution is -2.07. The number of benzene rings is 2. The zero-order valence-electron chi connectivity index (χ0n) is 14.1. The van der Waals surface area contributed by atoms with E-state index in [9.17, 15) is 4.39 Å². The highest BCUT2D eigenvalue weighted by Crippen LogP contribution is 2.29. The molecule has 3 aromatic rings. The van der Waals surface area contributed by atoms with E-state index in [0.29, 0.717) is 0 Å². The number of aromatic nitrogens is 2. The van der Waals surface area contributed by atoms with Crippen LogP contribution >= 0.6 is 0 Å². The van der Waals surface area contributed by atoms with Gasteiger partial charge in [0.25, 0.3) is 0 Å². The molecule has 4 heteroatoms. The van der Waals surface area contributed by atoms with Crippen LogP contribution in [0.25, 0.3) is 11.1 Å². The predicted molar refractivity (Wildman–Crippen MR) is 96.6 cm³/mol. The van der Waals surface area contributed by atoms with Crippen LogP contribution in [0.1, 0.15) is 17.7 Å². The van der Waals surface area contributed by atoms with E-state index in [1.54, 1.807) is 0 Å². The maximum absolute atomic E-state index is 13.2. The largest absolute Gasteiger partial charge is 0.384 e. The van der Waals surface area contributed by atoms with Gasteiger partial charge >= 0.3 is 0 Å². The smallest absolute Gasteiger partial charge is 0.123 e. The van der Waals surface area contributed by atoms with Gasteiger partial charge in [0.05, 0.1) is 12.0 Å². The molecule has 0 saturated heterocycles. The molecule has 3 nitrogen and oxygen atoms in total. The van der Waals surface area contributed by atoms with Crippen molar-refractivity contribution >= 4 is 5.69 Å². The number of aryl methyl sites for hydroxylation is 3. The zero-order valence-corrected chi connectivity index (χ0v) is 14.1. The van der Waals surface area contributed by atoms with E-state index in [0.717, 1.165) is 42.0 Å². The highest BCUT2D eigenvalue weighted by molar-refractivity contribution is 5.78. The Balaban J connectivity index is 1.68. The fourth-order valence-corrected chi connectivity index (χ4v) is 2.76. The van der Waals surface area contributed by atoms with Gasteiger partial charge in [-0.25, -0.2) is 9.37 Å². The Hall–Kier alpha value is -2.62. The number of nitrogens with one attached hydrogen (secondary N) is 1. The first kappa shape index (κ1) is 16.2. The lowest BCUT2D eigenvalue weighted by molar-refractivity contribution is 0.628. The number of hydrogen-bond acceptors (Lipinski definition) is 2. The van der Waals surface area contributed by atoms with Crippen molar-refractivity contribution in [3.8, 4) is 11.1 Å². The van der Waals surface area contributed by atoms with Crippen molar-refractivity contribution in [2.24, 2.45) is 0 Å². The number of nitrogens with zero attached hydrogens (tertiary/aromatic N) is 2. The summed E-state index contributed by atoms with van der Waals surface area (Å²) in [4.78, 5) is 4.24. The predicted octanol–water partition coefficient (Wildman–Crippen LogP) is 4.81. The molecule has 0 fully saturated rings. The first-order chi connectivity index (χ1) is 11.6. The third kappa shape index (κ3) is 4.02. The van der Waals surface area contributed by atoms with Crippen LogP contribution in [0.5, 0.6) is 0 Å². The Bertz CT molecular complexity index is 806. The van der Waals surface area contributed by atoms with Crippen molar-refractivity contribution in [3.63, 3.8) is 0 Å². The summed E-state index contributed by atoms with van der Waals surface area (Å²) in [6.45, 7) is 5.88. The number of halogens is 1. The van der Waals surface area contributed by atoms with Gasteiger partial charge in [-0.1, -0.05) is 24.3 Å². The van der Waals surface area contributed by atoms with Crippen molar-refractivity contribution in [2.45, 2.75) is 26.8 Å². The van der Waals surface area contributed by atoms with Crippen molar-refractivity contribution < 1.29 is 4.39 Å². The molecule has 24 heavy (non-hydrogen) atoms. The van der Waals surface area contributed by atoms with Crippen molar-refractivity contribution in [1.82, 2.24) is 9.55 Å². The number of anilines is 1. The lowest BCUT2D eigenvalue weighted by Gasteiger charge is -2.13. The molecular weight excluding hydrogens is 301 g/mol. The standard InChI is InChI=1S/C20H22FN3/c1-15-4-9-19(17-5-7-18(21)8-6-17)20(12-15)22-10-3-11-24-13-16(2)23-14-24/h4-9,12-14,22H,3,10-11H2,1-2H3. The number of imidazole rings is 1. The van der Waals surface area contributed by atoms with Crippen molar-refractivity contribution in [3.05, 3.63) is 72.1 Å². The van der Waals surface area contributed by atoms with Crippen LogP contribution in [-0.2, 0) is 6.54 Å². The van der Waals surface area contributed by atoms with E-state index in [1.165, 1.54) is 17.7 Å². The Kier molecular flexibility index (Phi) is 4.94. The molecule has 0 amide bonds. The van der Waals surface area contributed by atoms with Crippen LogP contribution in [0.4, 0.5) is 10.1 Å². The quantitative estimate of drug-likeness (QED) is 0.660. The summed E-state index contributed by atoms with van der Waals surface area (Å²) in [6, 6.07) is 12.9. The molecule has 0 bridgehead atoms. The lowest BCUT2D eigenvalue weighted by atomic mass is 10.0. The molecule has 2 aromatic carbocycles. The summed E-state index contributed by atoms with van der Waals surface area (Å²) in [5.74, 6) is -0.212. The fourth-order valence-electron chi connectivity index (χ4n) is 2.76. The van der Waals surface area contributed by atoms with E-state index in [4.69, 9.17) is 0 Å². The third-order valence-corrected chi connectivity index (χ3v) is 4.00. The molecule has 0 saturated carbocycles. The molecule has 1 aromatic heterocycles. The van der Waals surface area contributed by atoms with Crippen LogP contribution < -0.4 is 5.32 Å². The molecule has 0 aliphatic heterocycles. The van der Waals surface area contributed by atoms with Gasteiger partial charge in [0.1, 0.15) is 5.82 Å². The second kappa shape index (κ2) is 7.30. The molecule has 0 aliphatic carbocycles. The molecule has 1 heterocycles. The summed E-state index contributed by atoms with van der Waals surface area (Å²) in [6.07, 6.45) is 4.93. The first-order valence-corrected chi connectivity index (χ1v) is 8.21. The number of hydrogen-bond donors (Lipinski definition) is 1. The maximum atomic E-state index is 13.2. The Morgan fingerprint density at radius 3 is 2.58 bits per heavy atom. The highest BCUT2D eigenvalue weighted by Gasteiger charge is 2.06. The van der Waals surface area contributed by atoms with E-state index in [2.05, 4.69) is 46.2 Å².